The van der Waals surface area contributed by atoms with Gasteiger partial charge in [-0.05, 0) is 51.4 Å². The SMILES string of the molecule is O=C(O)C1CCC(NC2CCC(C(=O)O)CC2)CC1. The Hall–Kier alpha value is -1.10. The van der Waals surface area contributed by atoms with Crippen LogP contribution in [0.1, 0.15) is 51.4 Å². The van der Waals surface area contributed by atoms with E-state index in [9.17, 15) is 9.59 Å². The number of carbonyl (C=O) groups is 2. The molecule has 0 heterocycles. The molecule has 2 aliphatic carbocycles. The van der Waals surface area contributed by atoms with Crippen molar-refractivity contribution in [3.63, 3.8) is 0 Å². The summed E-state index contributed by atoms with van der Waals surface area (Å²) in [6.07, 6.45) is 6.75. The lowest BCUT2D eigenvalue weighted by atomic mass is 9.83. The third-order valence-electron chi connectivity index (χ3n) is 4.62. The fourth-order valence-electron chi connectivity index (χ4n) is 3.35. The second-order valence-electron chi connectivity index (χ2n) is 5.94. The third-order valence-corrected chi connectivity index (χ3v) is 4.62. The second-order valence-corrected chi connectivity index (χ2v) is 5.94. The molecule has 0 amide bonds. The highest BCUT2D eigenvalue weighted by molar-refractivity contribution is 5.70. The van der Waals surface area contributed by atoms with E-state index in [0.717, 1.165) is 51.4 Å². The van der Waals surface area contributed by atoms with Crippen LogP contribution in [-0.2, 0) is 9.59 Å². The molecule has 3 N–H and O–H groups in total. The van der Waals surface area contributed by atoms with Crippen LogP contribution in [0, 0.1) is 11.8 Å². The molecule has 2 aliphatic rings. The predicted octanol–water partition coefficient (Wildman–Crippen LogP) is 1.86. The van der Waals surface area contributed by atoms with Crippen molar-refractivity contribution < 1.29 is 19.8 Å². The lowest BCUT2D eigenvalue weighted by molar-refractivity contribution is -0.143. The highest BCUT2D eigenvalue weighted by Crippen LogP contribution is 2.28. The molecule has 19 heavy (non-hydrogen) atoms. The van der Waals surface area contributed by atoms with Crippen LogP contribution in [0.15, 0.2) is 0 Å². The van der Waals surface area contributed by atoms with Crippen molar-refractivity contribution in [1.82, 2.24) is 5.32 Å². The minimum atomic E-state index is -0.666. The summed E-state index contributed by atoms with van der Waals surface area (Å²) in [6.45, 7) is 0. The van der Waals surface area contributed by atoms with Gasteiger partial charge in [0.25, 0.3) is 0 Å². The van der Waals surface area contributed by atoms with E-state index in [1.807, 2.05) is 0 Å². The van der Waals surface area contributed by atoms with E-state index in [0.29, 0.717) is 12.1 Å². The first-order valence-electron chi connectivity index (χ1n) is 7.28. The molecule has 108 valence electrons. The predicted molar refractivity (Wildman–Crippen MR) is 69.9 cm³/mol. The average molecular weight is 269 g/mol. The molecule has 0 saturated heterocycles. The molecule has 0 aliphatic heterocycles. The van der Waals surface area contributed by atoms with Crippen LogP contribution in [0.3, 0.4) is 0 Å². The number of aliphatic carboxylic acids is 2. The van der Waals surface area contributed by atoms with Gasteiger partial charge in [0.1, 0.15) is 0 Å². The maximum absolute atomic E-state index is 10.9. The van der Waals surface area contributed by atoms with E-state index in [1.165, 1.54) is 0 Å². The Morgan fingerprint density at radius 3 is 1.26 bits per heavy atom. The van der Waals surface area contributed by atoms with Crippen LogP contribution in [0.4, 0.5) is 0 Å². The highest BCUT2D eigenvalue weighted by atomic mass is 16.4. The van der Waals surface area contributed by atoms with Gasteiger partial charge in [-0.15, -0.1) is 0 Å². The van der Waals surface area contributed by atoms with Crippen molar-refractivity contribution in [1.29, 1.82) is 0 Å². The Labute approximate surface area is 113 Å². The molecule has 0 aromatic heterocycles. The Kier molecular flexibility index (Phi) is 4.80. The lowest BCUT2D eigenvalue weighted by Crippen LogP contribution is -2.43. The van der Waals surface area contributed by atoms with Crippen LogP contribution in [0.25, 0.3) is 0 Å². The van der Waals surface area contributed by atoms with E-state index >= 15 is 0 Å². The highest BCUT2D eigenvalue weighted by Gasteiger charge is 2.30. The summed E-state index contributed by atoms with van der Waals surface area (Å²) in [5, 5.41) is 21.5. The number of carboxylic acids is 2. The molecule has 0 aromatic rings. The first-order chi connectivity index (χ1) is 9.06. The van der Waals surface area contributed by atoms with Crippen LogP contribution in [0.5, 0.6) is 0 Å². The second kappa shape index (κ2) is 6.37. The molecule has 0 unspecified atom stereocenters. The molecule has 0 bridgehead atoms. The zero-order valence-electron chi connectivity index (χ0n) is 11.2. The Morgan fingerprint density at radius 1 is 0.684 bits per heavy atom. The summed E-state index contributed by atoms with van der Waals surface area (Å²) in [7, 11) is 0. The normalized spacial score (nSPS) is 35.8. The lowest BCUT2D eigenvalue weighted by Gasteiger charge is -2.33. The zero-order valence-corrected chi connectivity index (χ0v) is 11.2. The van der Waals surface area contributed by atoms with Crippen LogP contribution in [-0.4, -0.2) is 34.2 Å². The number of hydrogen-bond donors (Lipinski definition) is 3. The van der Waals surface area contributed by atoms with Crippen LogP contribution >= 0.6 is 0 Å². The van der Waals surface area contributed by atoms with Gasteiger partial charge in [-0.3, -0.25) is 9.59 Å². The van der Waals surface area contributed by atoms with Gasteiger partial charge in [0.05, 0.1) is 11.8 Å². The van der Waals surface area contributed by atoms with E-state index in [2.05, 4.69) is 5.32 Å². The first-order valence-corrected chi connectivity index (χ1v) is 7.28. The molecule has 5 heteroatoms. The van der Waals surface area contributed by atoms with Crippen LogP contribution in [0.2, 0.25) is 0 Å². The van der Waals surface area contributed by atoms with E-state index in [-0.39, 0.29) is 11.8 Å². The monoisotopic (exact) mass is 269 g/mol. The van der Waals surface area contributed by atoms with Gasteiger partial charge in [0, 0.05) is 12.1 Å². The van der Waals surface area contributed by atoms with Gasteiger partial charge in [-0.2, -0.15) is 0 Å². The number of carboxylic acid groups (broad SMARTS) is 2. The Morgan fingerprint density at radius 2 is 1.00 bits per heavy atom. The van der Waals surface area contributed by atoms with Gasteiger partial charge in [-0.1, -0.05) is 0 Å². The molecule has 2 saturated carbocycles. The minimum Gasteiger partial charge on any atom is -0.481 e. The molecular weight excluding hydrogens is 246 g/mol. The molecule has 0 radical (unpaired) electrons. The summed E-state index contributed by atoms with van der Waals surface area (Å²) in [6, 6.07) is 0.837. The smallest absolute Gasteiger partial charge is 0.306 e. The first kappa shape index (κ1) is 14.3. The van der Waals surface area contributed by atoms with E-state index in [4.69, 9.17) is 10.2 Å². The van der Waals surface area contributed by atoms with Crippen molar-refractivity contribution in [3.8, 4) is 0 Å². The van der Waals surface area contributed by atoms with E-state index < -0.39 is 11.9 Å². The average Bonchev–Trinajstić information content (AvgIpc) is 2.40. The van der Waals surface area contributed by atoms with Crippen molar-refractivity contribution >= 4 is 11.9 Å². The van der Waals surface area contributed by atoms with Crippen molar-refractivity contribution in [2.75, 3.05) is 0 Å². The molecular formula is C14H23NO4. The van der Waals surface area contributed by atoms with Gasteiger partial charge < -0.3 is 15.5 Å². The Balaban J connectivity index is 1.69. The van der Waals surface area contributed by atoms with Crippen molar-refractivity contribution in [3.05, 3.63) is 0 Å². The quantitative estimate of drug-likeness (QED) is 0.725. The fraction of sp³-hybridized carbons (Fsp3) is 0.857. The summed E-state index contributed by atoms with van der Waals surface area (Å²) >= 11 is 0. The summed E-state index contributed by atoms with van der Waals surface area (Å²) < 4.78 is 0. The van der Waals surface area contributed by atoms with Crippen molar-refractivity contribution in [2.45, 2.75) is 63.5 Å². The third kappa shape index (κ3) is 3.93. The largest absolute Gasteiger partial charge is 0.481 e. The molecule has 0 aromatic carbocycles. The maximum atomic E-state index is 10.9. The Bertz CT molecular complexity index is 296. The molecule has 0 atom stereocenters. The zero-order chi connectivity index (χ0) is 13.8. The maximum Gasteiger partial charge on any atom is 0.306 e. The summed E-state index contributed by atoms with van der Waals surface area (Å²) in [5.41, 5.74) is 0. The standard InChI is InChI=1S/C14H23NO4/c16-13(17)9-1-5-11(6-2-9)15-12-7-3-10(4-8-12)14(18)19/h9-12,15H,1-8H2,(H,16,17)(H,18,19). The number of nitrogens with one attached hydrogen (secondary N) is 1. The van der Waals surface area contributed by atoms with Gasteiger partial charge in [-0.25, -0.2) is 0 Å². The van der Waals surface area contributed by atoms with Gasteiger partial charge in [0.15, 0.2) is 0 Å². The number of hydrogen-bond acceptors (Lipinski definition) is 3. The van der Waals surface area contributed by atoms with E-state index in [1.54, 1.807) is 0 Å². The topological polar surface area (TPSA) is 86.6 Å². The summed E-state index contributed by atoms with van der Waals surface area (Å²) in [5.74, 6) is -1.66. The summed E-state index contributed by atoms with van der Waals surface area (Å²) in [4.78, 5) is 21.7. The van der Waals surface area contributed by atoms with Crippen LogP contribution < -0.4 is 5.32 Å². The molecule has 0 spiro atoms. The minimum absolute atomic E-state index is 0.166. The fourth-order valence-corrected chi connectivity index (χ4v) is 3.35. The van der Waals surface area contributed by atoms with Gasteiger partial charge >= 0.3 is 11.9 Å². The van der Waals surface area contributed by atoms with Gasteiger partial charge in [0.2, 0.25) is 0 Å². The number of rotatable bonds is 4. The molecule has 5 nitrogen and oxygen atoms in total. The molecule has 2 rings (SSSR count). The molecule has 2 fully saturated rings. The van der Waals surface area contributed by atoms with Crippen molar-refractivity contribution in [2.24, 2.45) is 11.8 Å².